The number of rotatable bonds is 4. The van der Waals surface area contributed by atoms with Crippen molar-refractivity contribution >= 4 is 5.69 Å². The number of phenolic OH excluding ortho intramolecular Hbond substituents is 1. The fraction of sp³-hybridized carbons (Fsp3) is 0.647. The van der Waals surface area contributed by atoms with Gasteiger partial charge in [-0.3, -0.25) is 0 Å². The van der Waals surface area contributed by atoms with Crippen LogP contribution < -0.4 is 4.90 Å². The van der Waals surface area contributed by atoms with Crippen LogP contribution >= 0.6 is 0 Å². The van der Waals surface area contributed by atoms with E-state index in [4.69, 9.17) is 0 Å². The molecule has 1 aliphatic rings. The molecule has 112 valence electrons. The van der Waals surface area contributed by atoms with E-state index in [1.807, 2.05) is 12.1 Å². The van der Waals surface area contributed by atoms with Crippen LogP contribution in [0.1, 0.15) is 57.6 Å². The smallest absolute Gasteiger partial charge is 0.123 e. The second-order valence-electron chi connectivity index (χ2n) is 6.11. The highest BCUT2D eigenvalue weighted by Gasteiger charge is 2.23. The molecular formula is C17H27NO2. The first-order valence-corrected chi connectivity index (χ1v) is 7.76. The lowest BCUT2D eigenvalue weighted by atomic mass is 9.84. The zero-order valence-corrected chi connectivity index (χ0v) is 12.8. The van der Waals surface area contributed by atoms with Crippen LogP contribution in [0.5, 0.6) is 5.75 Å². The summed E-state index contributed by atoms with van der Waals surface area (Å²) in [6.07, 6.45) is 5.74. The van der Waals surface area contributed by atoms with Crippen molar-refractivity contribution in [1.82, 2.24) is 0 Å². The maximum Gasteiger partial charge on any atom is 0.123 e. The zero-order valence-electron chi connectivity index (χ0n) is 12.8. The van der Waals surface area contributed by atoms with Crippen LogP contribution in [0.25, 0.3) is 0 Å². The Balaban J connectivity index is 2.06. The molecule has 0 spiro atoms. The molecule has 0 heterocycles. The Hall–Kier alpha value is -1.22. The predicted molar refractivity (Wildman–Crippen MR) is 83.2 cm³/mol. The van der Waals surface area contributed by atoms with Gasteiger partial charge in [-0.15, -0.1) is 0 Å². The summed E-state index contributed by atoms with van der Waals surface area (Å²) in [6.45, 7) is 3.95. The Morgan fingerprint density at radius 1 is 1.25 bits per heavy atom. The highest BCUT2D eigenvalue weighted by atomic mass is 16.3. The van der Waals surface area contributed by atoms with E-state index < -0.39 is 6.10 Å². The number of hydrogen-bond acceptors (Lipinski definition) is 3. The summed E-state index contributed by atoms with van der Waals surface area (Å²) in [5.74, 6) is 1.08. The Kier molecular flexibility index (Phi) is 4.92. The van der Waals surface area contributed by atoms with Crippen molar-refractivity contribution in [1.29, 1.82) is 0 Å². The Labute approximate surface area is 122 Å². The minimum absolute atomic E-state index is 0.187. The van der Waals surface area contributed by atoms with Crippen LogP contribution in [0.2, 0.25) is 0 Å². The third-order valence-electron chi connectivity index (χ3n) is 4.81. The van der Waals surface area contributed by atoms with Gasteiger partial charge >= 0.3 is 0 Å². The van der Waals surface area contributed by atoms with Crippen LogP contribution in [0.15, 0.2) is 18.2 Å². The lowest BCUT2D eigenvalue weighted by Gasteiger charge is -2.36. The van der Waals surface area contributed by atoms with Gasteiger partial charge in [-0.05, 0) is 44.6 Å². The maximum absolute atomic E-state index is 10.0. The third kappa shape index (κ3) is 3.26. The molecule has 1 atom stereocenters. The molecule has 0 radical (unpaired) electrons. The van der Waals surface area contributed by atoms with Crippen molar-refractivity contribution in [3.05, 3.63) is 23.8 Å². The fourth-order valence-corrected chi connectivity index (χ4v) is 3.26. The molecule has 1 aliphatic carbocycles. The normalized spacial score (nSPS) is 24.4. The Morgan fingerprint density at radius 3 is 2.40 bits per heavy atom. The van der Waals surface area contributed by atoms with E-state index in [-0.39, 0.29) is 5.75 Å². The molecule has 2 rings (SSSR count). The van der Waals surface area contributed by atoms with Gasteiger partial charge in [-0.25, -0.2) is 0 Å². The topological polar surface area (TPSA) is 43.7 Å². The number of nitrogens with zero attached hydrogens (tertiary/aromatic N) is 1. The molecule has 20 heavy (non-hydrogen) atoms. The molecule has 0 saturated heterocycles. The molecule has 0 amide bonds. The number of aromatic hydroxyl groups is 1. The number of aliphatic hydroxyl groups is 1. The second kappa shape index (κ2) is 6.49. The monoisotopic (exact) mass is 277 g/mol. The molecule has 2 N–H and O–H groups in total. The van der Waals surface area contributed by atoms with Crippen molar-refractivity contribution in [2.45, 2.75) is 58.1 Å². The van der Waals surface area contributed by atoms with Crippen LogP contribution in [0.3, 0.4) is 0 Å². The largest absolute Gasteiger partial charge is 0.507 e. The van der Waals surface area contributed by atoms with E-state index in [9.17, 15) is 10.2 Å². The average molecular weight is 277 g/mol. The van der Waals surface area contributed by atoms with E-state index >= 15 is 0 Å². The van der Waals surface area contributed by atoms with Crippen molar-refractivity contribution < 1.29 is 10.2 Å². The van der Waals surface area contributed by atoms with Gasteiger partial charge in [-0.1, -0.05) is 19.4 Å². The predicted octanol–water partition coefficient (Wildman–Crippen LogP) is 3.85. The average Bonchev–Trinajstić information content (AvgIpc) is 2.46. The standard InChI is InChI=1S/C17H27NO2/c1-4-13-5-7-14(8-6-13)18(3)15-9-10-16(12(2)19)17(20)11-15/h9-14,19-20H,4-8H2,1-3H3. The van der Waals surface area contributed by atoms with Gasteiger partial charge in [0.2, 0.25) is 0 Å². The van der Waals surface area contributed by atoms with E-state index in [1.54, 1.807) is 13.0 Å². The van der Waals surface area contributed by atoms with Crippen molar-refractivity contribution in [3.8, 4) is 5.75 Å². The number of hydrogen-bond donors (Lipinski definition) is 2. The minimum Gasteiger partial charge on any atom is -0.507 e. The van der Waals surface area contributed by atoms with Gasteiger partial charge in [0.15, 0.2) is 0 Å². The van der Waals surface area contributed by atoms with Crippen molar-refractivity contribution in [2.24, 2.45) is 5.92 Å². The quantitative estimate of drug-likeness (QED) is 0.878. The molecule has 0 aliphatic heterocycles. The van der Waals surface area contributed by atoms with Gasteiger partial charge in [0.05, 0.1) is 6.10 Å². The van der Waals surface area contributed by atoms with Crippen LogP contribution in [-0.2, 0) is 0 Å². The first-order valence-electron chi connectivity index (χ1n) is 7.76. The summed E-state index contributed by atoms with van der Waals surface area (Å²) in [6, 6.07) is 6.15. The Bertz CT molecular complexity index is 437. The van der Waals surface area contributed by atoms with Crippen LogP contribution in [-0.4, -0.2) is 23.3 Å². The molecule has 1 fully saturated rings. The molecule has 0 bridgehead atoms. The lowest BCUT2D eigenvalue weighted by molar-refractivity contribution is 0.195. The maximum atomic E-state index is 10.0. The molecule has 1 aromatic carbocycles. The highest BCUT2D eigenvalue weighted by Crippen LogP contribution is 2.34. The molecule has 1 saturated carbocycles. The van der Waals surface area contributed by atoms with Gasteiger partial charge in [0, 0.05) is 30.4 Å². The fourth-order valence-electron chi connectivity index (χ4n) is 3.26. The highest BCUT2D eigenvalue weighted by molar-refractivity contribution is 5.54. The lowest BCUT2D eigenvalue weighted by Crippen LogP contribution is -2.35. The second-order valence-corrected chi connectivity index (χ2v) is 6.11. The summed E-state index contributed by atoms with van der Waals surface area (Å²) in [7, 11) is 2.10. The number of aliphatic hydroxyl groups excluding tert-OH is 1. The number of anilines is 1. The van der Waals surface area contributed by atoms with Gasteiger partial charge in [0.1, 0.15) is 5.75 Å². The minimum atomic E-state index is -0.630. The first-order chi connectivity index (χ1) is 9.52. The van der Waals surface area contributed by atoms with Crippen LogP contribution in [0.4, 0.5) is 5.69 Å². The van der Waals surface area contributed by atoms with E-state index in [2.05, 4.69) is 18.9 Å². The number of benzene rings is 1. The summed E-state index contributed by atoms with van der Waals surface area (Å²) in [5.41, 5.74) is 1.63. The van der Waals surface area contributed by atoms with Crippen molar-refractivity contribution in [3.63, 3.8) is 0 Å². The number of phenols is 1. The summed E-state index contributed by atoms with van der Waals surface area (Å²) < 4.78 is 0. The molecule has 3 heteroatoms. The molecular weight excluding hydrogens is 250 g/mol. The SMILES string of the molecule is CCC1CCC(N(C)c2ccc(C(C)O)c(O)c2)CC1. The molecule has 3 nitrogen and oxygen atoms in total. The molecule has 1 aromatic rings. The summed E-state index contributed by atoms with van der Waals surface area (Å²) >= 11 is 0. The summed E-state index contributed by atoms with van der Waals surface area (Å²) in [4.78, 5) is 2.28. The van der Waals surface area contributed by atoms with Gasteiger partial charge in [-0.2, -0.15) is 0 Å². The van der Waals surface area contributed by atoms with Crippen LogP contribution in [0, 0.1) is 5.92 Å². The molecule has 0 aromatic heterocycles. The van der Waals surface area contributed by atoms with Gasteiger partial charge < -0.3 is 15.1 Å². The van der Waals surface area contributed by atoms with Crippen molar-refractivity contribution in [2.75, 3.05) is 11.9 Å². The van der Waals surface area contributed by atoms with E-state index in [0.717, 1.165) is 11.6 Å². The zero-order chi connectivity index (χ0) is 14.7. The Morgan fingerprint density at radius 2 is 1.90 bits per heavy atom. The van der Waals surface area contributed by atoms with E-state index in [0.29, 0.717) is 11.6 Å². The molecule has 1 unspecified atom stereocenters. The first kappa shape index (κ1) is 15.2. The third-order valence-corrected chi connectivity index (χ3v) is 4.81. The van der Waals surface area contributed by atoms with E-state index in [1.165, 1.54) is 32.1 Å². The van der Waals surface area contributed by atoms with Gasteiger partial charge in [0.25, 0.3) is 0 Å². The summed E-state index contributed by atoms with van der Waals surface area (Å²) in [5, 5.41) is 19.6.